The van der Waals surface area contributed by atoms with Gasteiger partial charge in [-0.2, -0.15) is 0 Å². The molecule has 1 unspecified atom stereocenters. The van der Waals surface area contributed by atoms with Crippen LogP contribution in [0.5, 0.6) is 5.75 Å². The van der Waals surface area contributed by atoms with Crippen LogP contribution in [0.15, 0.2) is 48.5 Å². The fourth-order valence-electron chi connectivity index (χ4n) is 4.38. The molecular weight excluding hydrogens is 296 g/mol. The molecule has 24 heavy (non-hydrogen) atoms. The van der Waals surface area contributed by atoms with Gasteiger partial charge in [0, 0.05) is 13.0 Å². The molecule has 0 spiro atoms. The molecule has 0 radical (unpaired) electrons. The van der Waals surface area contributed by atoms with Gasteiger partial charge in [0.05, 0.1) is 6.04 Å². The van der Waals surface area contributed by atoms with Crippen LogP contribution < -0.4 is 10.6 Å². The lowest BCUT2D eigenvalue weighted by Crippen LogP contribution is -2.44. The zero-order chi connectivity index (χ0) is 16.5. The number of piperidine rings is 1. The maximum absolute atomic E-state index is 6.39. The van der Waals surface area contributed by atoms with E-state index in [0.717, 1.165) is 31.6 Å². The lowest BCUT2D eigenvalue weighted by molar-refractivity contribution is 0.0921. The van der Waals surface area contributed by atoms with Gasteiger partial charge in [0.2, 0.25) is 0 Å². The molecule has 1 fully saturated rings. The third-order valence-corrected chi connectivity index (χ3v) is 5.42. The molecular formula is C21H26N2O. The molecule has 1 saturated heterocycles. The number of fused-ring (bicyclic) bond motifs is 1. The number of ether oxygens (including phenoxy) is 1. The van der Waals surface area contributed by atoms with Crippen molar-refractivity contribution in [1.82, 2.24) is 5.01 Å². The topological polar surface area (TPSA) is 38.5 Å². The fourth-order valence-corrected chi connectivity index (χ4v) is 4.38. The molecule has 3 heteroatoms. The van der Waals surface area contributed by atoms with Crippen LogP contribution >= 0.6 is 0 Å². The van der Waals surface area contributed by atoms with E-state index < -0.39 is 0 Å². The molecule has 2 heterocycles. The van der Waals surface area contributed by atoms with E-state index in [0.29, 0.717) is 12.0 Å². The second-order valence-corrected chi connectivity index (χ2v) is 7.24. The zero-order valence-corrected chi connectivity index (χ0v) is 14.3. The standard InChI is InChI=1S/C21H26N2O/c1-15-13-18-9-5-10-19(21(18)24-15)14-17-11-6-12-23(22)20(17)16-7-3-2-4-8-16/h2-5,7-10,15,17,20H,6,11-14,22H2,1H3/t15?,17-,20+/m0/s1. The van der Waals surface area contributed by atoms with E-state index in [1.165, 1.54) is 23.1 Å². The van der Waals surface area contributed by atoms with Crippen LogP contribution in [0.1, 0.15) is 42.5 Å². The molecule has 0 saturated carbocycles. The lowest BCUT2D eigenvalue weighted by atomic mass is 9.81. The van der Waals surface area contributed by atoms with Gasteiger partial charge < -0.3 is 4.74 Å². The monoisotopic (exact) mass is 322 g/mol. The van der Waals surface area contributed by atoms with Crippen LogP contribution in [-0.4, -0.2) is 17.7 Å². The number of rotatable bonds is 3. The van der Waals surface area contributed by atoms with E-state index in [1.807, 2.05) is 5.01 Å². The Kier molecular flexibility index (Phi) is 4.30. The molecule has 2 aliphatic rings. The number of nitrogens with zero attached hydrogens (tertiary/aromatic N) is 1. The Morgan fingerprint density at radius 3 is 2.79 bits per heavy atom. The van der Waals surface area contributed by atoms with Gasteiger partial charge in [-0.15, -0.1) is 0 Å². The highest BCUT2D eigenvalue weighted by Gasteiger charge is 2.32. The largest absolute Gasteiger partial charge is 0.490 e. The summed E-state index contributed by atoms with van der Waals surface area (Å²) in [6, 6.07) is 17.6. The van der Waals surface area contributed by atoms with Crippen molar-refractivity contribution in [3.8, 4) is 5.75 Å². The first kappa shape index (κ1) is 15.7. The summed E-state index contributed by atoms with van der Waals surface area (Å²) in [6.45, 7) is 3.12. The van der Waals surface area contributed by atoms with Crippen molar-refractivity contribution in [2.45, 2.75) is 44.8 Å². The molecule has 0 amide bonds. The van der Waals surface area contributed by atoms with Crippen molar-refractivity contribution in [2.24, 2.45) is 11.8 Å². The van der Waals surface area contributed by atoms with Crippen LogP contribution in [0.3, 0.4) is 0 Å². The normalized spacial score (nSPS) is 26.8. The Labute approximate surface area is 144 Å². The van der Waals surface area contributed by atoms with Gasteiger partial charge in [-0.05, 0) is 48.8 Å². The fraction of sp³-hybridized carbons (Fsp3) is 0.429. The Morgan fingerprint density at radius 2 is 1.96 bits per heavy atom. The number of nitrogens with two attached hydrogens (primary N) is 1. The van der Waals surface area contributed by atoms with Gasteiger partial charge >= 0.3 is 0 Å². The highest BCUT2D eigenvalue weighted by Crippen LogP contribution is 2.40. The second kappa shape index (κ2) is 6.58. The average Bonchev–Trinajstić information content (AvgIpc) is 2.97. The van der Waals surface area contributed by atoms with Crippen LogP contribution in [0.25, 0.3) is 0 Å². The molecule has 4 rings (SSSR count). The number of para-hydroxylation sites is 1. The van der Waals surface area contributed by atoms with Crippen molar-refractivity contribution >= 4 is 0 Å². The van der Waals surface area contributed by atoms with Gasteiger partial charge in [0.25, 0.3) is 0 Å². The Hall–Kier alpha value is -1.84. The van der Waals surface area contributed by atoms with Gasteiger partial charge in [-0.3, -0.25) is 5.84 Å². The Bertz CT molecular complexity index is 700. The molecule has 3 nitrogen and oxygen atoms in total. The lowest BCUT2D eigenvalue weighted by Gasteiger charge is -2.39. The number of hydrazine groups is 1. The Morgan fingerprint density at radius 1 is 1.12 bits per heavy atom. The summed E-state index contributed by atoms with van der Waals surface area (Å²) in [5, 5.41) is 2.04. The first-order valence-electron chi connectivity index (χ1n) is 9.06. The minimum Gasteiger partial charge on any atom is -0.490 e. The summed E-state index contributed by atoms with van der Waals surface area (Å²) in [4.78, 5) is 0. The Balaban J connectivity index is 1.62. The summed E-state index contributed by atoms with van der Waals surface area (Å²) in [5.74, 6) is 8.05. The first-order chi connectivity index (χ1) is 11.7. The predicted molar refractivity (Wildman–Crippen MR) is 96.7 cm³/mol. The summed E-state index contributed by atoms with van der Waals surface area (Å²) in [5.41, 5.74) is 4.03. The number of hydrogen-bond donors (Lipinski definition) is 1. The van der Waals surface area contributed by atoms with Crippen LogP contribution in [0.4, 0.5) is 0 Å². The minimum absolute atomic E-state index is 0.287. The smallest absolute Gasteiger partial charge is 0.126 e. The van der Waals surface area contributed by atoms with E-state index in [2.05, 4.69) is 55.5 Å². The predicted octanol–water partition coefficient (Wildman–Crippen LogP) is 3.88. The van der Waals surface area contributed by atoms with Crippen molar-refractivity contribution < 1.29 is 4.74 Å². The van der Waals surface area contributed by atoms with E-state index in [4.69, 9.17) is 10.6 Å². The maximum atomic E-state index is 6.39. The van der Waals surface area contributed by atoms with Crippen LogP contribution in [0.2, 0.25) is 0 Å². The SMILES string of the molecule is CC1Cc2cccc(C[C@@H]3CCCN(N)[C@@H]3c3ccccc3)c2O1. The summed E-state index contributed by atoms with van der Waals surface area (Å²) in [6.07, 6.45) is 4.73. The van der Waals surface area contributed by atoms with Crippen LogP contribution in [0, 0.1) is 5.92 Å². The molecule has 2 aromatic carbocycles. The molecule has 2 aromatic rings. The third kappa shape index (κ3) is 2.94. The van der Waals surface area contributed by atoms with E-state index in [-0.39, 0.29) is 6.04 Å². The molecule has 0 aliphatic carbocycles. The molecule has 0 aromatic heterocycles. The molecule has 126 valence electrons. The van der Waals surface area contributed by atoms with Crippen molar-refractivity contribution in [3.05, 3.63) is 65.2 Å². The maximum Gasteiger partial charge on any atom is 0.126 e. The van der Waals surface area contributed by atoms with Gasteiger partial charge in [0.1, 0.15) is 11.9 Å². The first-order valence-corrected chi connectivity index (χ1v) is 9.06. The van der Waals surface area contributed by atoms with Crippen LogP contribution in [-0.2, 0) is 12.8 Å². The molecule has 2 aliphatic heterocycles. The summed E-state index contributed by atoms with van der Waals surface area (Å²) < 4.78 is 6.10. The third-order valence-electron chi connectivity index (χ3n) is 5.42. The van der Waals surface area contributed by atoms with Gasteiger partial charge in [-0.25, -0.2) is 5.01 Å². The van der Waals surface area contributed by atoms with E-state index in [9.17, 15) is 0 Å². The summed E-state index contributed by atoms with van der Waals surface area (Å²) in [7, 11) is 0. The highest BCUT2D eigenvalue weighted by atomic mass is 16.5. The van der Waals surface area contributed by atoms with Crippen molar-refractivity contribution in [3.63, 3.8) is 0 Å². The second-order valence-electron chi connectivity index (χ2n) is 7.24. The van der Waals surface area contributed by atoms with E-state index in [1.54, 1.807) is 0 Å². The van der Waals surface area contributed by atoms with Gasteiger partial charge in [0.15, 0.2) is 0 Å². The number of hydrogen-bond acceptors (Lipinski definition) is 3. The average molecular weight is 322 g/mol. The zero-order valence-electron chi connectivity index (χ0n) is 14.3. The van der Waals surface area contributed by atoms with Gasteiger partial charge in [-0.1, -0.05) is 48.5 Å². The van der Waals surface area contributed by atoms with E-state index >= 15 is 0 Å². The van der Waals surface area contributed by atoms with Crippen molar-refractivity contribution in [2.75, 3.05) is 6.54 Å². The summed E-state index contributed by atoms with van der Waals surface area (Å²) >= 11 is 0. The molecule has 2 N–H and O–H groups in total. The minimum atomic E-state index is 0.287. The van der Waals surface area contributed by atoms with Crippen molar-refractivity contribution in [1.29, 1.82) is 0 Å². The highest BCUT2D eigenvalue weighted by molar-refractivity contribution is 5.45. The number of benzene rings is 2. The molecule has 0 bridgehead atoms. The quantitative estimate of drug-likeness (QED) is 0.872. The molecule has 3 atom stereocenters.